The molecule has 1 aromatic carbocycles. The summed E-state index contributed by atoms with van der Waals surface area (Å²) in [6.07, 6.45) is 3.26. The van der Waals surface area contributed by atoms with E-state index in [2.05, 4.69) is 24.5 Å². The van der Waals surface area contributed by atoms with Gasteiger partial charge in [0.25, 0.3) is 0 Å². The minimum atomic E-state index is -0.793. The Kier molecular flexibility index (Phi) is 12.8. The van der Waals surface area contributed by atoms with Crippen LogP contribution < -0.4 is 10.6 Å². The number of carbonyl (C=O) groups is 3. The summed E-state index contributed by atoms with van der Waals surface area (Å²) in [5.74, 6) is -0.315. The van der Waals surface area contributed by atoms with Crippen LogP contribution in [-0.2, 0) is 14.3 Å². The van der Waals surface area contributed by atoms with Gasteiger partial charge in [-0.1, -0.05) is 70.4 Å². The van der Waals surface area contributed by atoms with Crippen LogP contribution in [0.3, 0.4) is 0 Å². The smallest absolute Gasteiger partial charge is 0.408 e. The molecule has 7 nitrogen and oxygen atoms in total. The molecule has 2 unspecified atom stereocenters. The first kappa shape index (κ1) is 30.5. The second-order valence-corrected chi connectivity index (χ2v) is 10.7. The Morgan fingerprint density at radius 2 is 1.60 bits per heavy atom. The van der Waals surface area contributed by atoms with E-state index in [4.69, 9.17) is 4.74 Å². The Morgan fingerprint density at radius 3 is 2.11 bits per heavy atom. The molecule has 0 aliphatic rings. The SMILES string of the molecule is CCCCNC(=O)C(c1ccc(C)cc1)N(CCCC)C(=O)C(CC(C)C)NC(=O)OC(C)(C)C. The van der Waals surface area contributed by atoms with Crippen LogP contribution in [0.5, 0.6) is 0 Å². The zero-order valence-corrected chi connectivity index (χ0v) is 23.1. The zero-order chi connectivity index (χ0) is 26.6. The lowest BCUT2D eigenvalue weighted by Crippen LogP contribution is -2.53. The van der Waals surface area contributed by atoms with Crippen molar-refractivity contribution in [2.24, 2.45) is 5.92 Å². The maximum atomic E-state index is 14.0. The number of hydrogen-bond donors (Lipinski definition) is 2. The number of rotatable bonds is 13. The van der Waals surface area contributed by atoms with Gasteiger partial charge >= 0.3 is 6.09 Å². The molecule has 0 spiro atoms. The van der Waals surface area contributed by atoms with E-state index >= 15 is 0 Å². The molecule has 0 bridgehead atoms. The molecule has 0 saturated heterocycles. The molecule has 3 amide bonds. The molecule has 0 aliphatic carbocycles. The number of aryl methyl sites for hydroxylation is 1. The Balaban J connectivity index is 3.39. The quantitative estimate of drug-likeness (QED) is 0.357. The van der Waals surface area contributed by atoms with E-state index in [1.165, 1.54) is 0 Å². The number of carbonyl (C=O) groups excluding carboxylic acids is 3. The third kappa shape index (κ3) is 11.1. The van der Waals surface area contributed by atoms with Crippen LogP contribution in [0.4, 0.5) is 4.79 Å². The van der Waals surface area contributed by atoms with Crippen molar-refractivity contribution < 1.29 is 19.1 Å². The van der Waals surface area contributed by atoms with Crippen LogP contribution in [-0.4, -0.2) is 47.5 Å². The summed E-state index contributed by atoms with van der Waals surface area (Å²) in [5.41, 5.74) is 1.16. The van der Waals surface area contributed by atoms with Crippen molar-refractivity contribution in [2.75, 3.05) is 13.1 Å². The van der Waals surface area contributed by atoms with E-state index in [9.17, 15) is 14.4 Å². The summed E-state index contributed by atoms with van der Waals surface area (Å²) in [7, 11) is 0. The Bertz CT molecular complexity index is 799. The number of ether oxygens (including phenoxy) is 1. The fourth-order valence-corrected chi connectivity index (χ4v) is 3.74. The highest BCUT2D eigenvalue weighted by Gasteiger charge is 2.36. The molecule has 198 valence electrons. The Morgan fingerprint density at radius 1 is 1.00 bits per heavy atom. The molecule has 0 aliphatic heterocycles. The molecular formula is C28H47N3O4. The van der Waals surface area contributed by atoms with Crippen molar-refractivity contribution in [1.82, 2.24) is 15.5 Å². The fraction of sp³-hybridized carbons (Fsp3) is 0.679. The lowest BCUT2D eigenvalue weighted by molar-refractivity contribution is -0.142. The normalized spacial score (nSPS) is 13.2. The molecular weight excluding hydrogens is 442 g/mol. The first-order valence-electron chi connectivity index (χ1n) is 13.0. The monoisotopic (exact) mass is 489 g/mol. The summed E-state index contributed by atoms with van der Waals surface area (Å²) < 4.78 is 5.43. The maximum Gasteiger partial charge on any atom is 0.408 e. The van der Waals surface area contributed by atoms with Crippen LogP contribution in [0.1, 0.15) is 97.7 Å². The highest BCUT2D eigenvalue weighted by Crippen LogP contribution is 2.25. The van der Waals surface area contributed by atoms with Crippen molar-refractivity contribution in [3.8, 4) is 0 Å². The van der Waals surface area contributed by atoms with Crippen LogP contribution >= 0.6 is 0 Å². The largest absolute Gasteiger partial charge is 0.444 e. The van der Waals surface area contributed by atoms with Crippen LogP contribution in [0.15, 0.2) is 24.3 Å². The van der Waals surface area contributed by atoms with Gasteiger partial charge in [-0.25, -0.2) is 4.79 Å². The number of nitrogens with one attached hydrogen (secondary N) is 2. The van der Waals surface area contributed by atoms with Gasteiger partial charge in [-0.05, 0) is 58.4 Å². The van der Waals surface area contributed by atoms with Crippen LogP contribution in [0.25, 0.3) is 0 Å². The average molecular weight is 490 g/mol. The van der Waals surface area contributed by atoms with Gasteiger partial charge in [-0.15, -0.1) is 0 Å². The lowest BCUT2D eigenvalue weighted by Gasteiger charge is -2.35. The van der Waals surface area contributed by atoms with Gasteiger partial charge in [0.2, 0.25) is 11.8 Å². The van der Waals surface area contributed by atoms with Crippen LogP contribution in [0, 0.1) is 12.8 Å². The van der Waals surface area contributed by atoms with E-state index < -0.39 is 23.8 Å². The summed E-state index contributed by atoms with van der Waals surface area (Å²) in [4.78, 5) is 41.7. The highest BCUT2D eigenvalue weighted by molar-refractivity contribution is 5.92. The number of alkyl carbamates (subject to hydrolysis) is 1. The van der Waals surface area contributed by atoms with Gasteiger partial charge < -0.3 is 20.3 Å². The van der Waals surface area contributed by atoms with Crippen LogP contribution in [0.2, 0.25) is 0 Å². The molecule has 35 heavy (non-hydrogen) atoms. The van der Waals surface area contributed by atoms with E-state index in [0.29, 0.717) is 19.5 Å². The number of amides is 3. The molecule has 0 radical (unpaired) electrons. The molecule has 7 heteroatoms. The van der Waals surface area contributed by atoms with Crippen molar-refractivity contribution in [3.05, 3.63) is 35.4 Å². The summed E-state index contributed by atoms with van der Waals surface area (Å²) in [6.45, 7) is 16.4. The Labute approximate surface area is 212 Å². The summed E-state index contributed by atoms with van der Waals surface area (Å²) in [6, 6.07) is 6.15. The van der Waals surface area contributed by atoms with E-state index in [1.807, 2.05) is 45.0 Å². The second kappa shape index (κ2) is 14.7. The van der Waals surface area contributed by atoms with Gasteiger partial charge in [0, 0.05) is 13.1 Å². The molecule has 2 N–H and O–H groups in total. The molecule has 0 heterocycles. The van der Waals surface area contributed by atoms with E-state index in [-0.39, 0.29) is 17.7 Å². The lowest BCUT2D eigenvalue weighted by atomic mass is 9.98. The van der Waals surface area contributed by atoms with Crippen molar-refractivity contribution in [2.45, 2.75) is 105 Å². The van der Waals surface area contributed by atoms with Gasteiger partial charge in [0.05, 0.1) is 0 Å². The van der Waals surface area contributed by atoms with Gasteiger partial charge in [0.1, 0.15) is 17.7 Å². The third-order valence-electron chi connectivity index (χ3n) is 5.51. The molecule has 2 atom stereocenters. The average Bonchev–Trinajstić information content (AvgIpc) is 2.75. The van der Waals surface area contributed by atoms with Crippen molar-refractivity contribution in [3.63, 3.8) is 0 Å². The number of nitrogens with zero attached hydrogens (tertiary/aromatic N) is 1. The first-order valence-corrected chi connectivity index (χ1v) is 13.0. The predicted octanol–water partition coefficient (Wildman–Crippen LogP) is 5.52. The summed E-state index contributed by atoms with van der Waals surface area (Å²) in [5, 5.41) is 5.80. The summed E-state index contributed by atoms with van der Waals surface area (Å²) >= 11 is 0. The second-order valence-electron chi connectivity index (χ2n) is 10.7. The topological polar surface area (TPSA) is 87.7 Å². The van der Waals surface area contributed by atoms with Crippen molar-refractivity contribution in [1.29, 1.82) is 0 Å². The third-order valence-corrected chi connectivity index (χ3v) is 5.51. The number of unbranched alkanes of at least 4 members (excludes halogenated alkanes) is 2. The molecule has 1 aromatic rings. The first-order chi connectivity index (χ1) is 16.4. The van der Waals surface area contributed by atoms with Gasteiger partial charge in [-0.2, -0.15) is 0 Å². The van der Waals surface area contributed by atoms with Crippen molar-refractivity contribution >= 4 is 17.9 Å². The van der Waals surface area contributed by atoms with Gasteiger partial charge in [0.15, 0.2) is 0 Å². The minimum Gasteiger partial charge on any atom is -0.444 e. The molecule has 1 rings (SSSR count). The maximum absolute atomic E-state index is 14.0. The highest BCUT2D eigenvalue weighted by atomic mass is 16.6. The Hall–Kier alpha value is -2.57. The number of hydrogen-bond acceptors (Lipinski definition) is 4. The fourth-order valence-electron chi connectivity index (χ4n) is 3.74. The molecule has 0 saturated carbocycles. The van der Waals surface area contributed by atoms with Gasteiger partial charge in [-0.3, -0.25) is 9.59 Å². The predicted molar refractivity (Wildman–Crippen MR) is 141 cm³/mol. The van der Waals surface area contributed by atoms with E-state index in [1.54, 1.807) is 25.7 Å². The minimum absolute atomic E-state index is 0.156. The zero-order valence-electron chi connectivity index (χ0n) is 23.1. The van der Waals surface area contributed by atoms with E-state index in [0.717, 1.165) is 36.8 Å². The molecule has 0 fully saturated rings. The standard InChI is InChI=1S/C28H47N3O4/c1-9-11-17-29-25(32)24(22-15-13-21(5)14-16-22)31(18-12-10-2)26(33)23(19-20(3)4)30-27(34)35-28(6,7)8/h13-16,20,23-24H,9-12,17-19H2,1-8H3,(H,29,32)(H,30,34). The number of benzene rings is 1. The molecule has 0 aromatic heterocycles.